The van der Waals surface area contributed by atoms with Gasteiger partial charge in [0.1, 0.15) is 5.75 Å². The van der Waals surface area contributed by atoms with E-state index in [4.69, 9.17) is 10.5 Å². The molecule has 2 aromatic carbocycles. The van der Waals surface area contributed by atoms with Crippen LogP contribution in [0.15, 0.2) is 46.9 Å². The largest absolute Gasteiger partial charge is 0.481 e. The van der Waals surface area contributed by atoms with Gasteiger partial charge >= 0.3 is 0 Å². The van der Waals surface area contributed by atoms with E-state index in [1.54, 1.807) is 19.1 Å². The summed E-state index contributed by atoms with van der Waals surface area (Å²) in [5.74, 6) is 0.410. The Morgan fingerprint density at radius 3 is 2.67 bits per heavy atom. The summed E-state index contributed by atoms with van der Waals surface area (Å²) in [5, 5.41) is 2.76. The third-order valence-electron chi connectivity index (χ3n) is 3.03. The molecule has 0 spiro atoms. The Bertz CT molecular complexity index is 658. The number of nitrogens with two attached hydrogens (primary N) is 1. The van der Waals surface area contributed by atoms with Crippen LogP contribution in [0.3, 0.4) is 0 Å². The zero-order valence-electron chi connectivity index (χ0n) is 11.9. The normalized spacial score (nSPS) is 11.8. The molecule has 21 heavy (non-hydrogen) atoms. The van der Waals surface area contributed by atoms with Crippen LogP contribution in [-0.2, 0) is 4.79 Å². The Labute approximate surface area is 132 Å². The van der Waals surface area contributed by atoms with Crippen LogP contribution in [0, 0.1) is 6.92 Å². The maximum atomic E-state index is 12.1. The number of carbonyl (C=O) groups excluding carboxylic acids is 1. The Morgan fingerprint density at radius 1 is 1.29 bits per heavy atom. The minimum absolute atomic E-state index is 0.242. The van der Waals surface area contributed by atoms with Gasteiger partial charge in [-0.15, -0.1) is 0 Å². The molecule has 5 heteroatoms. The molecule has 4 nitrogen and oxygen atoms in total. The highest BCUT2D eigenvalue weighted by atomic mass is 79.9. The molecule has 1 amide bonds. The van der Waals surface area contributed by atoms with Crippen LogP contribution in [0.2, 0.25) is 0 Å². The van der Waals surface area contributed by atoms with Crippen molar-refractivity contribution in [1.29, 1.82) is 0 Å². The molecule has 0 saturated heterocycles. The molecule has 0 fully saturated rings. The molecule has 2 rings (SSSR count). The van der Waals surface area contributed by atoms with Gasteiger partial charge in [0.25, 0.3) is 5.91 Å². The lowest BCUT2D eigenvalue weighted by Gasteiger charge is -2.16. The van der Waals surface area contributed by atoms with E-state index in [2.05, 4.69) is 21.2 Å². The molecular formula is C16H17BrN2O2. The molecule has 0 saturated carbocycles. The molecule has 0 heterocycles. The van der Waals surface area contributed by atoms with Crippen molar-refractivity contribution in [2.75, 3.05) is 11.1 Å². The van der Waals surface area contributed by atoms with E-state index in [1.807, 2.05) is 37.3 Å². The highest BCUT2D eigenvalue weighted by Gasteiger charge is 2.16. The Balaban J connectivity index is 2.02. The monoisotopic (exact) mass is 348 g/mol. The maximum absolute atomic E-state index is 12.1. The fourth-order valence-electron chi connectivity index (χ4n) is 1.79. The number of carbonyl (C=O) groups is 1. The number of aryl methyl sites for hydroxylation is 1. The second kappa shape index (κ2) is 6.63. The van der Waals surface area contributed by atoms with E-state index < -0.39 is 6.10 Å². The fraction of sp³-hybridized carbons (Fsp3) is 0.188. The number of nitrogens with one attached hydrogen (secondary N) is 1. The summed E-state index contributed by atoms with van der Waals surface area (Å²) in [6, 6.07) is 12.7. The van der Waals surface area contributed by atoms with Crippen LogP contribution in [-0.4, -0.2) is 12.0 Å². The lowest BCUT2D eigenvalue weighted by atomic mass is 10.2. The molecule has 2 aromatic rings. The first-order chi connectivity index (χ1) is 9.97. The van der Waals surface area contributed by atoms with Gasteiger partial charge in [0.05, 0.1) is 11.4 Å². The average molecular weight is 349 g/mol. The van der Waals surface area contributed by atoms with Crippen LogP contribution in [0.1, 0.15) is 12.5 Å². The van der Waals surface area contributed by atoms with E-state index in [0.29, 0.717) is 17.1 Å². The fourth-order valence-corrected chi connectivity index (χ4v) is 2.04. The topological polar surface area (TPSA) is 64.3 Å². The first kappa shape index (κ1) is 15.4. The van der Waals surface area contributed by atoms with Crippen LogP contribution < -0.4 is 15.8 Å². The van der Waals surface area contributed by atoms with Crippen molar-refractivity contribution in [2.24, 2.45) is 0 Å². The highest BCUT2D eigenvalue weighted by molar-refractivity contribution is 9.10. The second-order valence-electron chi connectivity index (χ2n) is 4.75. The third kappa shape index (κ3) is 3.98. The number of amides is 1. The first-order valence-corrected chi connectivity index (χ1v) is 7.35. The van der Waals surface area contributed by atoms with E-state index in [-0.39, 0.29) is 5.91 Å². The van der Waals surface area contributed by atoms with Gasteiger partial charge in [0.2, 0.25) is 0 Å². The van der Waals surface area contributed by atoms with Crippen molar-refractivity contribution in [3.8, 4) is 5.75 Å². The predicted octanol–water partition coefficient (Wildman–Crippen LogP) is 3.75. The second-order valence-corrected chi connectivity index (χ2v) is 5.60. The summed E-state index contributed by atoms with van der Waals surface area (Å²) in [7, 11) is 0. The minimum atomic E-state index is -0.620. The number of benzene rings is 2. The van der Waals surface area contributed by atoms with Crippen molar-refractivity contribution in [2.45, 2.75) is 20.0 Å². The summed E-state index contributed by atoms with van der Waals surface area (Å²) < 4.78 is 6.65. The molecule has 0 aliphatic heterocycles. The van der Waals surface area contributed by atoms with Gasteiger partial charge in [-0.3, -0.25) is 4.79 Å². The molecule has 3 N–H and O–H groups in total. The molecule has 110 valence electrons. The zero-order valence-corrected chi connectivity index (χ0v) is 13.5. The van der Waals surface area contributed by atoms with Gasteiger partial charge in [-0.05, 0) is 49.7 Å². The van der Waals surface area contributed by atoms with Crippen molar-refractivity contribution in [1.82, 2.24) is 0 Å². The zero-order chi connectivity index (χ0) is 15.4. The lowest BCUT2D eigenvalue weighted by molar-refractivity contribution is -0.122. The molecule has 0 aliphatic carbocycles. The van der Waals surface area contributed by atoms with E-state index in [0.717, 1.165) is 10.0 Å². The van der Waals surface area contributed by atoms with Crippen LogP contribution in [0.5, 0.6) is 5.75 Å². The predicted molar refractivity (Wildman–Crippen MR) is 88.5 cm³/mol. The SMILES string of the molecule is Cc1cc(OC(C)C(=O)Nc2ccccc2N)ccc1Br. The van der Waals surface area contributed by atoms with Crippen molar-refractivity contribution in [3.63, 3.8) is 0 Å². The first-order valence-electron chi connectivity index (χ1n) is 6.55. The van der Waals surface area contributed by atoms with Crippen molar-refractivity contribution in [3.05, 3.63) is 52.5 Å². The molecule has 0 radical (unpaired) electrons. The quantitative estimate of drug-likeness (QED) is 0.827. The number of anilines is 2. The van der Waals surface area contributed by atoms with Gasteiger partial charge < -0.3 is 15.8 Å². The summed E-state index contributed by atoms with van der Waals surface area (Å²) >= 11 is 3.43. The van der Waals surface area contributed by atoms with E-state index in [9.17, 15) is 4.79 Å². The number of hydrogen-bond donors (Lipinski definition) is 2. The highest BCUT2D eigenvalue weighted by Crippen LogP contribution is 2.23. The van der Waals surface area contributed by atoms with Crippen molar-refractivity contribution < 1.29 is 9.53 Å². The number of rotatable bonds is 4. The van der Waals surface area contributed by atoms with Crippen LogP contribution >= 0.6 is 15.9 Å². The summed E-state index contributed by atoms with van der Waals surface area (Å²) in [5.41, 5.74) is 7.96. The number of halogens is 1. The lowest BCUT2D eigenvalue weighted by Crippen LogP contribution is -2.30. The molecule has 1 unspecified atom stereocenters. The van der Waals surface area contributed by atoms with Gasteiger partial charge in [0, 0.05) is 4.47 Å². The number of hydrogen-bond acceptors (Lipinski definition) is 3. The maximum Gasteiger partial charge on any atom is 0.265 e. The standard InChI is InChI=1S/C16H17BrN2O2/c1-10-9-12(7-8-13(10)17)21-11(2)16(20)19-15-6-4-3-5-14(15)18/h3-9,11H,18H2,1-2H3,(H,19,20). The third-order valence-corrected chi connectivity index (χ3v) is 3.92. The molecule has 1 atom stereocenters. The average Bonchev–Trinajstić information content (AvgIpc) is 2.45. The summed E-state index contributed by atoms with van der Waals surface area (Å²) in [6.45, 7) is 3.66. The van der Waals surface area contributed by atoms with Gasteiger partial charge in [-0.25, -0.2) is 0 Å². The van der Waals surface area contributed by atoms with Gasteiger partial charge in [0.15, 0.2) is 6.10 Å². The minimum Gasteiger partial charge on any atom is -0.481 e. The van der Waals surface area contributed by atoms with Crippen LogP contribution in [0.4, 0.5) is 11.4 Å². The Kier molecular flexibility index (Phi) is 4.85. The summed E-state index contributed by atoms with van der Waals surface area (Å²) in [6.07, 6.45) is -0.620. The molecular weight excluding hydrogens is 332 g/mol. The summed E-state index contributed by atoms with van der Waals surface area (Å²) in [4.78, 5) is 12.1. The van der Waals surface area contributed by atoms with E-state index in [1.165, 1.54) is 0 Å². The van der Waals surface area contributed by atoms with Crippen LogP contribution in [0.25, 0.3) is 0 Å². The smallest absolute Gasteiger partial charge is 0.265 e. The Hall–Kier alpha value is -2.01. The number of para-hydroxylation sites is 2. The number of nitrogen functional groups attached to an aromatic ring is 1. The van der Waals surface area contributed by atoms with Gasteiger partial charge in [-0.1, -0.05) is 28.1 Å². The molecule has 0 bridgehead atoms. The molecule has 0 aromatic heterocycles. The Morgan fingerprint density at radius 2 is 2.00 bits per heavy atom. The van der Waals surface area contributed by atoms with Crippen molar-refractivity contribution >= 4 is 33.2 Å². The van der Waals surface area contributed by atoms with Gasteiger partial charge in [-0.2, -0.15) is 0 Å². The molecule has 0 aliphatic rings. The number of ether oxygens (including phenoxy) is 1. The van der Waals surface area contributed by atoms with E-state index >= 15 is 0 Å².